The average Bonchev–Trinajstić information content (AvgIpc) is 2.39. The average molecular weight is 323 g/mol. The third-order valence-electron chi connectivity index (χ3n) is 2.30. The third-order valence-corrected chi connectivity index (χ3v) is 2.92. The molecule has 2 aromatic rings. The van der Waals surface area contributed by atoms with Crippen LogP contribution in [0.4, 0.5) is 11.5 Å². The van der Waals surface area contributed by atoms with Gasteiger partial charge in [0.15, 0.2) is 0 Å². The fraction of sp³-hybridized carbons (Fsp3) is 0.0833. The number of halogens is 1. The van der Waals surface area contributed by atoms with Gasteiger partial charge in [-0.1, -0.05) is 0 Å². The van der Waals surface area contributed by atoms with Crippen LogP contribution in [0, 0.1) is 0 Å². The van der Waals surface area contributed by atoms with Gasteiger partial charge in [-0.25, -0.2) is 4.98 Å². The van der Waals surface area contributed by atoms with Crippen molar-refractivity contribution in [2.45, 2.75) is 0 Å². The van der Waals surface area contributed by atoms with Crippen molar-refractivity contribution in [2.75, 3.05) is 18.2 Å². The van der Waals surface area contributed by atoms with Crippen molar-refractivity contribution in [1.82, 2.24) is 9.97 Å². The number of aromatic nitrogens is 2. The normalized spacial score (nSPS) is 10.0. The predicted molar refractivity (Wildman–Crippen MR) is 75.1 cm³/mol. The summed E-state index contributed by atoms with van der Waals surface area (Å²) in [6.45, 7) is 0. The molecule has 0 aliphatic carbocycles. The molecule has 1 aromatic carbocycles. The summed E-state index contributed by atoms with van der Waals surface area (Å²) in [6.07, 6.45) is 2.73. The number of carbonyl (C=O) groups excluding carboxylic acids is 1. The maximum Gasteiger partial charge on any atom is 0.275 e. The second kappa shape index (κ2) is 5.66. The zero-order valence-corrected chi connectivity index (χ0v) is 11.6. The van der Waals surface area contributed by atoms with Crippen LogP contribution in [0.25, 0.3) is 0 Å². The van der Waals surface area contributed by atoms with Crippen molar-refractivity contribution < 1.29 is 9.53 Å². The number of anilines is 2. The summed E-state index contributed by atoms with van der Waals surface area (Å²) in [7, 11) is 1.57. The number of hydrogen-bond donors (Lipinski definition) is 2. The Kier molecular flexibility index (Phi) is 3.96. The Morgan fingerprint density at radius 1 is 1.42 bits per heavy atom. The molecule has 7 heteroatoms. The van der Waals surface area contributed by atoms with Gasteiger partial charge in [0.05, 0.1) is 24.0 Å². The zero-order valence-electron chi connectivity index (χ0n) is 10.1. The van der Waals surface area contributed by atoms with Gasteiger partial charge in [-0.2, -0.15) is 0 Å². The van der Waals surface area contributed by atoms with E-state index in [2.05, 4.69) is 31.2 Å². The van der Waals surface area contributed by atoms with Gasteiger partial charge in [0, 0.05) is 5.69 Å². The minimum absolute atomic E-state index is 0.159. The fourth-order valence-corrected chi connectivity index (χ4v) is 1.97. The van der Waals surface area contributed by atoms with E-state index < -0.39 is 0 Å². The van der Waals surface area contributed by atoms with Crippen molar-refractivity contribution in [3.8, 4) is 5.75 Å². The first-order valence-electron chi connectivity index (χ1n) is 5.32. The Balaban J connectivity index is 2.17. The summed E-state index contributed by atoms with van der Waals surface area (Å²) in [6, 6.07) is 5.20. The highest BCUT2D eigenvalue weighted by Gasteiger charge is 2.09. The SMILES string of the molecule is COc1ccc(NC(=O)c2cncc(N)n2)cc1Br. The second-order valence-electron chi connectivity index (χ2n) is 3.63. The van der Waals surface area contributed by atoms with Crippen LogP contribution in [0.15, 0.2) is 35.1 Å². The minimum atomic E-state index is -0.378. The van der Waals surface area contributed by atoms with Crippen LogP contribution in [0.2, 0.25) is 0 Å². The van der Waals surface area contributed by atoms with Crippen LogP contribution in [0.1, 0.15) is 10.5 Å². The number of ether oxygens (including phenoxy) is 1. The molecule has 0 spiro atoms. The molecule has 0 aliphatic heterocycles. The number of nitrogens with zero attached hydrogens (tertiary/aromatic N) is 2. The molecule has 0 saturated carbocycles. The van der Waals surface area contributed by atoms with Crippen LogP contribution in [-0.4, -0.2) is 23.0 Å². The van der Waals surface area contributed by atoms with E-state index in [0.29, 0.717) is 11.4 Å². The summed E-state index contributed by atoms with van der Waals surface area (Å²) in [4.78, 5) is 19.6. The Morgan fingerprint density at radius 2 is 2.21 bits per heavy atom. The van der Waals surface area contributed by atoms with Gasteiger partial charge in [0.2, 0.25) is 0 Å². The van der Waals surface area contributed by atoms with Crippen LogP contribution in [-0.2, 0) is 0 Å². The summed E-state index contributed by atoms with van der Waals surface area (Å²) in [5.74, 6) is 0.502. The molecule has 0 atom stereocenters. The van der Waals surface area contributed by atoms with E-state index in [1.807, 2.05) is 0 Å². The number of methoxy groups -OCH3 is 1. The maximum absolute atomic E-state index is 11.9. The van der Waals surface area contributed by atoms with Gasteiger partial charge in [-0.3, -0.25) is 9.78 Å². The number of carbonyl (C=O) groups is 1. The van der Waals surface area contributed by atoms with E-state index >= 15 is 0 Å². The number of amides is 1. The van der Waals surface area contributed by atoms with Gasteiger partial charge in [-0.05, 0) is 34.1 Å². The number of rotatable bonds is 3. The lowest BCUT2D eigenvalue weighted by molar-refractivity contribution is 0.102. The smallest absolute Gasteiger partial charge is 0.275 e. The number of nitrogens with one attached hydrogen (secondary N) is 1. The lowest BCUT2D eigenvalue weighted by Gasteiger charge is -2.07. The van der Waals surface area contributed by atoms with Gasteiger partial charge in [0.25, 0.3) is 5.91 Å². The maximum atomic E-state index is 11.9. The largest absolute Gasteiger partial charge is 0.496 e. The lowest BCUT2D eigenvalue weighted by Crippen LogP contribution is -2.14. The molecule has 0 radical (unpaired) electrons. The van der Waals surface area contributed by atoms with Crippen molar-refractivity contribution in [3.63, 3.8) is 0 Å². The van der Waals surface area contributed by atoms with Crippen LogP contribution >= 0.6 is 15.9 Å². The first-order chi connectivity index (χ1) is 9.10. The Morgan fingerprint density at radius 3 is 2.84 bits per heavy atom. The number of nitrogen functional groups attached to an aromatic ring is 1. The molecule has 0 bridgehead atoms. The van der Waals surface area contributed by atoms with Crippen LogP contribution in [0.3, 0.4) is 0 Å². The number of hydrogen-bond acceptors (Lipinski definition) is 5. The summed E-state index contributed by atoms with van der Waals surface area (Å²) in [5.41, 5.74) is 6.25. The minimum Gasteiger partial charge on any atom is -0.496 e. The monoisotopic (exact) mass is 322 g/mol. The van der Waals surface area contributed by atoms with Gasteiger partial charge < -0.3 is 15.8 Å². The highest BCUT2D eigenvalue weighted by molar-refractivity contribution is 9.10. The van der Waals surface area contributed by atoms with E-state index in [1.165, 1.54) is 12.4 Å². The fourth-order valence-electron chi connectivity index (χ4n) is 1.43. The number of benzene rings is 1. The molecule has 1 heterocycles. The van der Waals surface area contributed by atoms with E-state index in [0.717, 1.165) is 4.47 Å². The lowest BCUT2D eigenvalue weighted by atomic mass is 10.3. The Hall–Kier alpha value is -2.15. The van der Waals surface area contributed by atoms with E-state index in [4.69, 9.17) is 10.5 Å². The molecule has 0 aliphatic rings. The van der Waals surface area contributed by atoms with Crippen molar-refractivity contribution >= 4 is 33.3 Å². The number of nitrogens with two attached hydrogens (primary N) is 1. The highest BCUT2D eigenvalue weighted by atomic mass is 79.9. The summed E-state index contributed by atoms with van der Waals surface area (Å²) < 4.78 is 5.85. The Bertz CT molecular complexity index is 618. The third kappa shape index (κ3) is 3.19. The van der Waals surface area contributed by atoms with Crippen LogP contribution < -0.4 is 15.8 Å². The van der Waals surface area contributed by atoms with Crippen molar-refractivity contribution in [3.05, 3.63) is 40.8 Å². The molecule has 6 nitrogen and oxygen atoms in total. The molecular formula is C12H11BrN4O2. The molecule has 0 saturated heterocycles. The second-order valence-corrected chi connectivity index (χ2v) is 4.49. The quantitative estimate of drug-likeness (QED) is 0.902. The molecule has 3 N–H and O–H groups in total. The summed E-state index contributed by atoms with van der Waals surface area (Å²) >= 11 is 3.34. The van der Waals surface area contributed by atoms with E-state index in [-0.39, 0.29) is 17.4 Å². The molecule has 98 valence electrons. The topological polar surface area (TPSA) is 90.1 Å². The highest BCUT2D eigenvalue weighted by Crippen LogP contribution is 2.27. The van der Waals surface area contributed by atoms with Crippen LogP contribution in [0.5, 0.6) is 5.75 Å². The first kappa shape index (κ1) is 13.3. The predicted octanol–water partition coefficient (Wildman–Crippen LogP) is 2.08. The van der Waals surface area contributed by atoms with E-state index in [9.17, 15) is 4.79 Å². The van der Waals surface area contributed by atoms with Gasteiger partial charge in [0.1, 0.15) is 17.3 Å². The molecule has 2 rings (SSSR count). The van der Waals surface area contributed by atoms with E-state index in [1.54, 1.807) is 25.3 Å². The molecule has 0 unspecified atom stereocenters. The van der Waals surface area contributed by atoms with Crippen molar-refractivity contribution in [1.29, 1.82) is 0 Å². The van der Waals surface area contributed by atoms with Crippen molar-refractivity contribution in [2.24, 2.45) is 0 Å². The molecule has 19 heavy (non-hydrogen) atoms. The molecular weight excluding hydrogens is 312 g/mol. The standard InChI is InChI=1S/C12H11BrN4O2/c1-19-10-3-2-7(4-8(10)13)16-12(18)9-5-15-6-11(14)17-9/h2-6H,1H3,(H2,14,17)(H,16,18). The molecule has 1 aromatic heterocycles. The van der Waals surface area contributed by atoms with Gasteiger partial charge >= 0.3 is 0 Å². The van der Waals surface area contributed by atoms with Gasteiger partial charge in [-0.15, -0.1) is 0 Å². The Labute approximate surface area is 118 Å². The first-order valence-corrected chi connectivity index (χ1v) is 6.12. The zero-order chi connectivity index (χ0) is 13.8. The molecule has 0 fully saturated rings. The summed E-state index contributed by atoms with van der Waals surface area (Å²) in [5, 5.41) is 2.70. The molecule has 1 amide bonds.